The predicted octanol–water partition coefficient (Wildman–Crippen LogP) is 0.940. The van der Waals surface area contributed by atoms with E-state index in [1.54, 1.807) is 28.6 Å². The van der Waals surface area contributed by atoms with Crippen molar-refractivity contribution in [1.82, 2.24) is 19.1 Å². The maximum Gasteiger partial charge on any atom is 0.328 e. The molecule has 18 heavy (non-hydrogen) atoms. The molecule has 2 rings (SSSR count). The fourth-order valence-electron chi connectivity index (χ4n) is 1.76. The molecule has 0 aliphatic carbocycles. The van der Waals surface area contributed by atoms with Gasteiger partial charge in [0.2, 0.25) is 5.95 Å². The number of aromatic nitrogens is 4. The first-order valence-electron chi connectivity index (χ1n) is 6.00. The smallest absolute Gasteiger partial charge is 0.328 e. The Morgan fingerprint density at radius 2 is 2.11 bits per heavy atom. The van der Waals surface area contributed by atoms with Gasteiger partial charge in [-0.1, -0.05) is 6.92 Å². The van der Waals surface area contributed by atoms with Gasteiger partial charge in [0.25, 0.3) is 0 Å². The first-order valence-corrected chi connectivity index (χ1v) is 6.00. The van der Waals surface area contributed by atoms with Crippen LogP contribution in [0.4, 0.5) is 5.95 Å². The van der Waals surface area contributed by atoms with E-state index in [1.165, 1.54) is 0 Å². The highest BCUT2D eigenvalue weighted by molar-refractivity contribution is 5.23. The van der Waals surface area contributed by atoms with Crippen molar-refractivity contribution in [2.24, 2.45) is 0 Å². The highest BCUT2D eigenvalue weighted by Crippen LogP contribution is 2.01. The van der Waals surface area contributed by atoms with Crippen LogP contribution in [0.5, 0.6) is 0 Å². The maximum atomic E-state index is 12.0. The average molecular weight is 247 g/mol. The lowest BCUT2D eigenvalue weighted by atomic mass is 10.4. The molecule has 6 heteroatoms. The zero-order chi connectivity index (χ0) is 13.0. The molecule has 0 saturated carbocycles. The molecule has 96 valence electrons. The molecule has 0 aliphatic heterocycles. The standard InChI is InChI=1S/C12H17N5O/c1-3-6-16-7-8-17(12(16)18)9-10-4-5-14-11(13-2)15-10/h4-5,7-8H,3,6,9H2,1-2H3,(H,13,14,15). The third-order valence-electron chi connectivity index (χ3n) is 2.65. The molecule has 0 spiro atoms. The summed E-state index contributed by atoms with van der Waals surface area (Å²) in [4.78, 5) is 20.3. The summed E-state index contributed by atoms with van der Waals surface area (Å²) in [6.45, 7) is 3.26. The van der Waals surface area contributed by atoms with Crippen LogP contribution in [0, 0.1) is 0 Å². The molecule has 6 nitrogen and oxygen atoms in total. The van der Waals surface area contributed by atoms with Crippen LogP contribution in [0.1, 0.15) is 19.0 Å². The van der Waals surface area contributed by atoms with Gasteiger partial charge < -0.3 is 5.32 Å². The Balaban J connectivity index is 2.20. The Labute approximate surface area is 105 Å². The summed E-state index contributed by atoms with van der Waals surface area (Å²) in [6, 6.07) is 1.81. The third kappa shape index (κ3) is 2.58. The summed E-state index contributed by atoms with van der Waals surface area (Å²) in [7, 11) is 1.77. The first kappa shape index (κ1) is 12.3. The van der Waals surface area contributed by atoms with Crippen LogP contribution in [-0.2, 0) is 13.1 Å². The highest BCUT2D eigenvalue weighted by atomic mass is 16.1. The summed E-state index contributed by atoms with van der Waals surface area (Å²) in [5, 5.41) is 2.88. The summed E-state index contributed by atoms with van der Waals surface area (Å²) in [6.07, 6.45) is 6.23. The van der Waals surface area contributed by atoms with Crippen molar-refractivity contribution in [3.05, 3.63) is 40.8 Å². The van der Waals surface area contributed by atoms with E-state index in [9.17, 15) is 4.79 Å². The summed E-state index contributed by atoms with van der Waals surface area (Å²) >= 11 is 0. The van der Waals surface area contributed by atoms with Gasteiger partial charge in [-0.05, 0) is 12.5 Å². The van der Waals surface area contributed by atoms with Crippen LogP contribution in [0.3, 0.4) is 0 Å². The van der Waals surface area contributed by atoms with Gasteiger partial charge in [-0.3, -0.25) is 9.13 Å². The molecule has 2 heterocycles. The van der Waals surface area contributed by atoms with E-state index in [0.29, 0.717) is 12.5 Å². The molecule has 0 radical (unpaired) electrons. The van der Waals surface area contributed by atoms with E-state index in [-0.39, 0.29) is 5.69 Å². The SMILES string of the molecule is CCCn1ccn(Cc2ccnc(NC)n2)c1=O. The monoisotopic (exact) mass is 247 g/mol. The molecule has 0 aliphatic rings. The van der Waals surface area contributed by atoms with Gasteiger partial charge in [-0.2, -0.15) is 0 Å². The number of anilines is 1. The van der Waals surface area contributed by atoms with Crippen LogP contribution in [0.2, 0.25) is 0 Å². The minimum atomic E-state index is 0.00136. The quantitative estimate of drug-likeness (QED) is 0.854. The lowest BCUT2D eigenvalue weighted by molar-refractivity contribution is 0.621. The number of hydrogen-bond acceptors (Lipinski definition) is 4. The summed E-state index contributed by atoms with van der Waals surface area (Å²) in [5.74, 6) is 0.563. The van der Waals surface area contributed by atoms with Gasteiger partial charge in [0, 0.05) is 32.2 Å². The van der Waals surface area contributed by atoms with Gasteiger partial charge in [0.15, 0.2) is 0 Å². The topological polar surface area (TPSA) is 64.7 Å². The van der Waals surface area contributed by atoms with Crippen LogP contribution in [-0.4, -0.2) is 26.1 Å². The second-order valence-corrected chi connectivity index (χ2v) is 4.02. The number of imidazole rings is 1. The molecule has 1 N–H and O–H groups in total. The Kier molecular flexibility index (Phi) is 3.76. The van der Waals surface area contributed by atoms with Gasteiger partial charge >= 0.3 is 5.69 Å². The van der Waals surface area contributed by atoms with Crippen LogP contribution < -0.4 is 11.0 Å². The minimum Gasteiger partial charge on any atom is -0.357 e. The molecular weight excluding hydrogens is 230 g/mol. The van der Waals surface area contributed by atoms with Gasteiger partial charge in [0.1, 0.15) is 0 Å². The molecule has 0 saturated heterocycles. The zero-order valence-corrected chi connectivity index (χ0v) is 10.6. The van der Waals surface area contributed by atoms with Gasteiger partial charge in [-0.15, -0.1) is 0 Å². The second kappa shape index (κ2) is 5.48. The van der Waals surface area contributed by atoms with E-state index < -0.39 is 0 Å². The zero-order valence-electron chi connectivity index (χ0n) is 10.6. The van der Waals surface area contributed by atoms with E-state index >= 15 is 0 Å². The average Bonchev–Trinajstić information content (AvgIpc) is 2.72. The molecule has 0 aromatic carbocycles. The van der Waals surface area contributed by atoms with Crippen molar-refractivity contribution in [2.45, 2.75) is 26.4 Å². The highest BCUT2D eigenvalue weighted by Gasteiger charge is 2.04. The molecule has 0 atom stereocenters. The van der Waals surface area contributed by atoms with Crippen molar-refractivity contribution < 1.29 is 0 Å². The van der Waals surface area contributed by atoms with Crippen molar-refractivity contribution in [3.8, 4) is 0 Å². The molecule has 0 bridgehead atoms. The Bertz CT molecular complexity index is 572. The molecule has 0 unspecified atom stereocenters. The van der Waals surface area contributed by atoms with Crippen molar-refractivity contribution in [1.29, 1.82) is 0 Å². The van der Waals surface area contributed by atoms with Crippen LogP contribution >= 0.6 is 0 Å². The van der Waals surface area contributed by atoms with E-state index in [1.807, 2.05) is 19.2 Å². The second-order valence-electron chi connectivity index (χ2n) is 4.02. The Morgan fingerprint density at radius 3 is 2.83 bits per heavy atom. The summed E-state index contributed by atoms with van der Waals surface area (Å²) in [5.41, 5.74) is 0.812. The van der Waals surface area contributed by atoms with Crippen molar-refractivity contribution in [2.75, 3.05) is 12.4 Å². The van der Waals surface area contributed by atoms with Crippen LogP contribution in [0.25, 0.3) is 0 Å². The first-order chi connectivity index (χ1) is 8.74. The number of hydrogen-bond donors (Lipinski definition) is 1. The number of nitrogens with one attached hydrogen (secondary N) is 1. The minimum absolute atomic E-state index is 0.00136. The molecule has 2 aromatic heterocycles. The van der Waals surface area contributed by atoms with Gasteiger partial charge in [0.05, 0.1) is 12.2 Å². The molecule has 2 aromatic rings. The van der Waals surface area contributed by atoms with Crippen molar-refractivity contribution in [3.63, 3.8) is 0 Å². The largest absolute Gasteiger partial charge is 0.357 e. The van der Waals surface area contributed by atoms with E-state index in [4.69, 9.17) is 0 Å². The lowest BCUT2D eigenvalue weighted by Crippen LogP contribution is -2.24. The number of rotatable bonds is 5. The predicted molar refractivity (Wildman–Crippen MR) is 69.7 cm³/mol. The molecule has 0 fully saturated rings. The number of nitrogens with zero attached hydrogens (tertiary/aromatic N) is 4. The normalized spacial score (nSPS) is 10.6. The van der Waals surface area contributed by atoms with E-state index in [0.717, 1.165) is 18.7 Å². The number of aryl methyl sites for hydroxylation is 1. The van der Waals surface area contributed by atoms with Gasteiger partial charge in [-0.25, -0.2) is 14.8 Å². The summed E-state index contributed by atoms with van der Waals surface area (Å²) < 4.78 is 3.36. The van der Waals surface area contributed by atoms with Crippen LogP contribution in [0.15, 0.2) is 29.5 Å². The fraction of sp³-hybridized carbons (Fsp3) is 0.417. The lowest BCUT2D eigenvalue weighted by Gasteiger charge is -2.03. The Hall–Kier alpha value is -2.11. The van der Waals surface area contributed by atoms with Crippen molar-refractivity contribution >= 4 is 5.95 Å². The third-order valence-corrected chi connectivity index (χ3v) is 2.65. The molecular formula is C12H17N5O. The fourth-order valence-corrected chi connectivity index (χ4v) is 1.76. The Morgan fingerprint density at radius 1 is 1.33 bits per heavy atom. The maximum absolute atomic E-state index is 12.0. The van der Waals surface area contributed by atoms with E-state index in [2.05, 4.69) is 15.3 Å². The molecule has 0 amide bonds.